The molecule has 1 fully saturated rings. The summed E-state index contributed by atoms with van der Waals surface area (Å²) in [6.07, 6.45) is 5.22. The van der Waals surface area contributed by atoms with Gasteiger partial charge in [0.1, 0.15) is 12.2 Å². The van der Waals surface area contributed by atoms with E-state index in [-0.39, 0.29) is 0 Å². The average Bonchev–Trinajstić information content (AvgIpc) is 3.10. The lowest BCUT2D eigenvalue weighted by Crippen LogP contribution is -2.33. The van der Waals surface area contributed by atoms with Crippen LogP contribution in [0.2, 0.25) is 0 Å². The molecule has 0 bridgehead atoms. The summed E-state index contributed by atoms with van der Waals surface area (Å²) in [5.74, 6) is 3.30. The van der Waals surface area contributed by atoms with Crippen molar-refractivity contribution in [1.82, 2.24) is 19.7 Å². The lowest BCUT2D eigenvalue weighted by atomic mass is 9.95. The van der Waals surface area contributed by atoms with Crippen LogP contribution in [-0.4, -0.2) is 47.0 Å². The van der Waals surface area contributed by atoms with Crippen LogP contribution in [0.3, 0.4) is 0 Å². The highest BCUT2D eigenvalue weighted by Crippen LogP contribution is 2.33. The molecule has 0 unspecified atom stereocenters. The van der Waals surface area contributed by atoms with Crippen LogP contribution in [-0.2, 0) is 13.1 Å². The lowest BCUT2D eigenvalue weighted by molar-refractivity contribution is 0.197. The van der Waals surface area contributed by atoms with Gasteiger partial charge in [-0.3, -0.25) is 4.90 Å². The van der Waals surface area contributed by atoms with Crippen LogP contribution >= 0.6 is 0 Å². The van der Waals surface area contributed by atoms with Gasteiger partial charge in [0, 0.05) is 24.6 Å². The molecule has 0 aliphatic carbocycles. The Morgan fingerprint density at radius 3 is 2.64 bits per heavy atom. The fourth-order valence-corrected chi connectivity index (χ4v) is 3.66. The van der Waals surface area contributed by atoms with Crippen molar-refractivity contribution in [3.8, 4) is 11.5 Å². The number of likely N-dealkylation sites (tertiary alicyclic amines) is 1. The van der Waals surface area contributed by atoms with Gasteiger partial charge in [-0.25, -0.2) is 0 Å². The Morgan fingerprint density at radius 2 is 1.96 bits per heavy atom. The fraction of sp³-hybridized carbons (Fsp3) is 0.579. The van der Waals surface area contributed by atoms with Crippen molar-refractivity contribution in [2.75, 3.05) is 27.3 Å². The molecule has 0 radical (unpaired) electrons. The first-order valence-electron chi connectivity index (χ1n) is 9.06. The van der Waals surface area contributed by atoms with E-state index in [4.69, 9.17) is 9.47 Å². The van der Waals surface area contributed by atoms with E-state index in [1.165, 1.54) is 5.56 Å². The molecule has 1 saturated heterocycles. The summed E-state index contributed by atoms with van der Waals surface area (Å²) in [5, 5.41) is 8.49. The molecule has 25 heavy (non-hydrogen) atoms. The van der Waals surface area contributed by atoms with E-state index in [0.29, 0.717) is 5.92 Å². The highest BCUT2D eigenvalue weighted by molar-refractivity contribution is 5.46. The topological polar surface area (TPSA) is 52.4 Å². The first-order chi connectivity index (χ1) is 12.3. The van der Waals surface area contributed by atoms with Gasteiger partial charge in [0.25, 0.3) is 0 Å². The molecule has 1 aliphatic rings. The third kappa shape index (κ3) is 3.95. The van der Waals surface area contributed by atoms with E-state index in [1.807, 2.05) is 18.5 Å². The molecule has 0 saturated carbocycles. The summed E-state index contributed by atoms with van der Waals surface area (Å²) in [6, 6.07) is 6.08. The van der Waals surface area contributed by atoms with E-state index in [9.17, 15) is 0 Å². The van der Waals surface area contributed by atoms with Gasteiger partial charge in [0.2, 0.25) is 0 Å². The SMILES string of the molecule is CCCn1cnnc1C1CCN(Cc2cccc(OC)c2OC)CC1. The van der Waals surface area contributed by atoms with Gasteiger partial charge >= 0.3 is 0 Å². The van der Waals surface area contributed by atoms with Gasteiger partial charge in [-0.1, -0.05) is 19.1 Å². The molecule has 3 rings (SSSR count). The minimum absolute atomic E-state index is 0.512. The Labute approximate surface area is 149 Å². The summed E-state index contributed by atoms with van der Waals surface area (Å²) in [4.78, 5) is 2.48. The van der Waals surface area contributed by atoms with Crippen molar-refractivity contribution in [2.24, 2.45) is 0 Å². The zero-order valence-corrected chi connectivity index (χ0v) is 15.4. The Bertz CT molecular complexity index is 678. The number of methoxy groups -OCH3 is 2. The van der Waals surface area contributed by atoms with Crippen molar-refractivity contribution in [2.45, 2.75) is 45.2 Å². The highest BCUT2D eigenvalue weighted by atomic mass is 16.5. The summed E-state index contributed by atoms with van der Waals surface area (Å²) in [6.45, 7) is 6.19. The van der Waals surface area contributed by atoms with Crippen molar-refractivity contribution in [3.05, 3.63) is 35.9 Å². The number of benzene rings is 1. The third-order valence-corrected chi connectivity index (χ3v) is 4.94. The van der Waals surface area contributed by atoms with Crippen LogP contribution in [0.1, 0.15) is 43.5 Å². The summed E-state index contributed by atoms with van der Waals surface area (Å²) >= 11 is 0. The second-order valence-corrected chi connectivity index (χ2v) is 6.59. The lowest BCUT2D eigenvalue weighted by Gasteiger charge is -2.32. The smallest absolute Gasteiger partial charge is 0.165 e. The first-order valence-corrected chi connectivity index (χ1v) is 9.06. The molecule has 6 nitrogen and oxygen atoms in total. The van der Waals surface area contributed by atoms with E-state index in [0.717, 1.165) is 62.8 Å². The van der Waals surface area contributed by atoms with Gasteiger partial charge in [-0.2, -0.15) is 0 Å². The summed E-state index contributed by atoms with van der Waals surface area (Å²) in [7, 11) is 3.38. The maximum absolute atomic E-state index is 5.56. The number of ether oxygens (including phenoxy) is 2. The number of piperidine rings is 1. The minimum atomic E-state index is 0.512. The number of nitrogens with zero attached hydrogens (tertiary/aromatic N) is 4. The molecule has 6 heteroatoms. The van der Waals surface area contributed by atoms with Gasteiger partial charge < -0.3 is 14.0 Å². The molecule has 136 valence electrons. The predicted octanol–water partition coefficient (Wildman–Crippen LogP) is 3.08. The molecule has 1 aliphatic heterocycles. The second kappa shape index (κ2) is 8.34. The molecule has 0 spiro atoms. The number of hydrogen-bond acceptors (Lipinski definition) is 5. The molecule has 1 aromatic heterocycles. The quantitative estimate of drug-likeness (QED) is 0.772. The van der Waals surface area contributed by atoms with Crippen LogP contribution in [0, 0.1) is 0 Å². The van der Waals surface area contributed by atoms with Crippen LogP contribution in [0.15, 0.2) is 24.5 Å². The molecule has 2 aromatic rings. The van der Waals surface area contributed by atoms with Crippen LogP contribution < -0.4 is 9.47 Å². The van der Waals surface area contributed by atoms with Gasteiger partial charge in [0.15, 0.2) is 11.5 Å². The van der Waals surface area contributed by atoms with Crippen molar-refractivity contribution in [3.63, 3.8) is 0 Å². The molecular weight excluding hydrogens is 316 g/mol. The molecule has 1 aromatic carbocycles. The van der Waals surface area contributed by atoms with E-state index in [1.54, 1.807) is 14.2 Å². The van der Waals surface area contributed by atoms with Crippen LogP contribution in [0.5, 0.6) is 11.5 Å². The molecule has 0 amide bonds. The van der Waals surface area contributed by atoms with E-state index >= 15 is 0 Å². The Kier molecular flexibility index (Phi) is 5.91. The normalized spacial score (nSPS) is 16.1. The Morgan fingerprint density at radius 1 is 1.16 bits per heavy atom. The zero-order chi connectivity index (χ0) is 17.6. The number of hydrogen-bond donors (Lipinski definition) is 0. The summed E-state index contributed by atoms with van der Waals surface area (Å²) in [5.41, 5.74) is 1.18. The maximum Gasteiger partial charge on any atom is 0.165 e. The molecular formula is C19H28N4O2. The predicted molar refractivity (Wildman–Crippen MR) is 97.1 cm³/mol. The fourth-order valence-electron chi connectivity index (χ4n) is 3.66. The monoisotopic (exact) mass is 344 g/mol. The zero-order valence-electron chi connectivity index (χ0n) is 15.4. The van der Waals surface area contributed by atoms with Gasteiger partial charge in [-0.15, -0.1) is 10.2 Å². The standard InChI is InChI=1S/C19H28N4O2/c1-4-10-23-14-20-21-19(23)15-8-11-22(12-9-15)13-16-6-5-7-17(24-2)18(16)25-3/h5-7,14-15H,4,8-13H2,1-3H3. The Balaban J connectivity index is 1.62. The summed E-state index contributed by atoms with van der Waals surface area (Å²) < 4.78 is 13.2. The second-order valence-electron chi connectivity index (χ2n) is 6.59. The number of para-hydroxylation sites is 1. The van der Waals surface area contributed by atoms with Gasteiger partial charge in [-0.05, 0) is 38.4 Å². The maximum atomic E-state index is 5.56. The van der Waals surface area contributed by atoms with E-state index in [2.05, 4.69) is 32.7 Å². The van der Waals surface area contributed by atoms with Crippen molar-refractivity contribution >= 4 is 0 Å². The largest absolute Gasteiger partial charge is 0.493 e. The third-order valence-electron chi connectivity index (χ3n) is 4.94. The number of aromatic nitrogens is 3. The van der Waals surface area contributed by atoms with Crippen LogP contribution in [0.4, 0.5) is 0 Å². The number of aryl methyl sites for hydroxylation is 1. The first kappa shape index (κ1) is 17.7. The molecule has 2 heterocycles. The van der Waals surface area contributed by atoms with Gasteiger partial charge in [0.05, 0.1) is 14.2 Å². The van der Waals surface area contributed by atoms with Crippen molar-refractivity contribution < 1.29 is 9.47 Å². The molecule has 0 N–H and O–H groups in total. The number of rotatable bonds is 7. The Hall–Kier alpha value is -2.08. The molecule has 0 atom stereocenters. The van der Waals surface area contributed by atoms with E-state index < -0.39 is 0 Å². The minimum Gasteiger partial charge on any atom is -0.493 e. The van der Waals surface area contributed by atoms with Crippen LogP contribution in [0.25, 0.3) is 0 Å². The highest BCUT2D eigenvalue weighted by Gasteiger charge is 2.25. The van der Waals surface area contributed by atoms with Crippen molar-refractivity contribution in [1.29, 1.82) is 0 Å². The average molecular weight is 344 g/mol.